The Morgan fingerprint density at radius 2 is 2.05 bits per heavy atom. The average Bonchev–Trinajstić information content (AvgIpc) is 2.78. The van der Waals surface area contributed by atoms with Crippen LogP contribution in [0.3, 0.4) is 0 Å². The molecule has 1 unspecified atom stereocenters. The van der Waals surface area contributed by atoms with Crippen molar-refractivity contribution in [2.24, 2.45) is 10.7 Å². The van der Waals surface area contributed by atoms with E-state index < -0.39 is 5.54 Å². The van der Waals surface area contributed by atoms with Gasteiger partial charge in [0.2, 0.25) is 0 Å². The summed E-state index contributed by atoms with van der Waals surface area (Å²) in [4.78, 5) is 10.3. The van der Waals surface area contributed by atoms with Gasteiger partial charge in [0.1, 0.15) is 5.82 Å². The fourth-order valence-corrected chi connectivity index (χ4v) is 2.63. The number of nitrogens with zero attached hydrogens (tertiary/aromatic N) is 3. The van der Waals surface area contributed by atoms with Crippen LogP contribution in [0.1, 0.15) is 18.1 Å². The first-order valence-electron chi connectivity index (χ1n) is 6.82. The van der Waals surface area contributed by atoms with Crippen molar-refractivity contribution in [1.82, 2.24) is 9.88 Å². The van der Waals surface area contributed by atoms with Crippen molar-refractivity contribution in [2.45, 2.75) is 19.0 Å². The van der Waals surface area contributed by atoms with Crippen molar-refractivity contribution in [2.75, 3.05) is 6.54 Å². The van der Waals surface area contributed by atoms with Gasteiger partial charge in [0.15, 0.2) is 5.96 Å². The lowest BCUT2D eigenvalue weighted by Gasteiger charge is -2.36. The molecule has 0 spiro atoms. The van der Waals surface area contributed by atoms with Crippen molar-refractivity contribution in [3.8, 4) is 0 Å². The molecule has 0 saturated carbocycles. The van der Waals surface area contributed by atoms with Gasteiger partial charge >= 0.3 is 0 Å². The first-order chi connectivity index (χ1) is 10.1. The first kappa shape index (κ1) is 13.5. The number of guanidine groups is 1. The van der Waals surface area contributed by atoms with E-state index in [0.29, 0.717) is 19.0 Å². The van der Waals surface area contributed by atoms with Crippen LogP contribution in [0.2, 0.25) is 0 Å². The lowest BCUT2D eigenvalue weighted by Crippen LogP contribution is -2.46. The summed E-state index contributed by atoms with van der Waals surface area (Å²) in [5.41, 5.74) is 7.48. The number of hydrogen-bond acceptors (Lipinski definition) is 4. The van der Waals surface area contributed by atoms with Gasteiger partial charge in [0, 0.05) is 18.3 Å². The number of hydrogen-bond donors (Lipinski definition) is 1. The van der Waals surface area contributed by atoms with Gasteiger partial charge in [-0.1, -0.05) is 30.3 Å². The van der Waals surface area contributed by atoms with Crippen LogP contribution < -0.4 is 5.73 Å². The number of benzene rings is 1. The van der Waals surface area contributed by atoms with Gasteiger partial charge in [-0.05, 0) is 18.6 Å². The molecule has 1 aliphatic heterocycles. The van der Waals surface area contributed by atoms with Gasteiger partial charge < -0.3 is 10.6 Å². The van der Waals surface area contributed by atoms with E-state index in [9.17, 15) is 4.39 Å². The van der Waals surface area contributed by atoms with Crippen molar-refractivity contribution >= 4 is 5.96 Å². The highest BCUT2D eigenvalue weighted by Crippen LogP contribution is 2.33. The molecule has 3 rings (SSSR count). The summed E-state index contributed by atoms with van der Waals surface area (Å²) in [6, 6.07) is 11.5. The second-order valence-corrected chi connectivity index (χ2v) is 5.41. The molecule has 0 radical (unpaired) electrons. The van der Waals surface area contributed by atoms with E-state index in [1.54, 1.807) is 6.20 Å². The molecular weight excluding hydrogens is 267 g/mol. The van der Waals surface area contributed by atoms with Crippen LogP contribution in [0.5, 0.6) is 0 Å². The highest BCUT2D eigenvalue weighted by Gasteiger charge is 2.39. The summed E-state index contributed by atoms with van der Waals surface area (Å²) in [5.74, 6) is 0.129. The van der Waals surface area contributed by atoms with Crippen LogP contribution in [-0.4, -0.2) is 22.4 Å². The Labute approximate surface area is 123 Å². The van der Waals surface area contributed by atoms with Crippen molar-refractivity contribution in [3.63, 3.8) is 0 Å². The molecule has 2 aromatic rings. The molecule has 0 bridgehead atoms. The maximum Gasteiger partial charge on any atom is 0.192 e. The molecule has 1 aromatic heterocycles. The summed E-state index contributed by atoms with van der Waals surface area (Å²) in [7, 11) is 0. The Hall–Kier alpha value is -2.43. The van der Waals surface area contributed by atoms with Gasteiger partial charge in [-0.15, -0.1) is 0 Å². The Balaban J connectivity index is 1.94. The highest BCUT2D eigenvalue weighted by atomic mass is 19.1. The van der Waals surface area contributed by atoms with Crippen LogP contribution in [-0.2, 0) is 12.1 Å². The maximum atomic E-state index is 13.5. The number of aliphatic imine (C=N–C) groups is 1. The predicted molar refractivity (Wildman–Crippen MR) is 80.0 cm³/mol. The molecule has 5 heteroatoms. The summed E-state index contributed by atoms with van der Waals surface area (Å²) < 4.78 is 13.5. The summed E-state index contributed by atoms with van der Waals surface area (Å²) >= 11 is 0. The van der Waals surface area contributed by atoms with E-state index in [-0.39, 0.29) is 5.82 Å². The Morgan fingerprint density at radius 3 is 2.76 bits per heavy atom. The third kappa shape index (κ3) is 2.46. The minimum Gasteiger partial charge on any atom is -0.370 e. The molecule has 2 heterocycles. The molecular formula is C16H17FN4. The number of pyridine rings is 1. The fourth-order valence-electron chi connectivity index (χ4n) is 2.63. The number of nitrogens with two attached hydrogens (primary N) is 1. The van der Waals surface area contributed by atoms with Gasteiger partial charge in [0.05, 0.1) is 18.3 Å². The molecule has 4 nitrogen and oxygen atoms in total. The number of rotatable bonds is 3. The zero-order valence-electron chi connectivity index (χ0n) is 11.8. The second-order valence-electron chi connectivity index (χ2n) is 5.41. The van der Waals surface area contributed by atoms with Gasteiger partial charge in [-0.3, -0.25) is 9.98 Å². The summed E-state index contributed by atoms with van der Waals surface area (Å²) in [6.45, 7) is 3.13. The van der Waals surface area contributed by atoms with E-state index in [0.717, 1.165) is 11.1 Å². The topological polar surface area (TPSA) is 54.5 Å². The minimum atomic E-state index is -0.477. The zero-order valence-corrected chi connectivity index (χ0v) is 11.8. The zero-order chi connectivity index (χ0) is 14.9. The SMILES string of the molecule is CC1(c2cncc(F)c2)CN=C(N)N1Cc1ccccc1. The third-order valence-corrected chi connectivity index (χ3v) is 3.93. The van der Waals surface area contributed by atoms with E-state index >= 15 is 0 Å². The van der Waals surface area contributed by atoms with Crippen LogP contribution in [0, 0.1) is 5.82 Å². The molecule has 0 saturated heterocycles. The smallest absolute Gasteiger partial charge is 0.192 e. The largest absolute Gasteiger partial charge is 0.370 e. The second kappa shape index (κ2) is 5.16. The molecule has 0 aliphatic carbocycles. The molecule has 108 valence electrons. The van der Waals surface area contributed by atoms with E-state index in [1.165, 1.54) is 12.3 Å². The van der Waals surface area contributed by atoms with Crippen LogP contribution in [0.15, 0.2) is 53.8 Å². The van der Waals surface area contributed by atoms with Gasteiger partial charge in [-0.25, -0.2) is 4.39 Å². The van der Waals surface area contributed by atoms with Crippen LogP contribution >= 0.6 is 0 Å². The molecule has 21 heavy (non-hydrogen) atoms. The minimum absolute atomic E-state index is 0.348. The van der Waals surface area contributed by atoms with Gasteiger partial charge in [-0.2, -0.15) is 0 Å². The molecule has 1 aliphatic rings. The fraction of sp³-hybridized carbons (Fsp3) is 0.250. The molecule has 0 fully saturated rings. The molecule has 2 N–H and O–H groups in total. The van der Waals surface area contributed by atoms with Crippen LogP contribution in [0.4, 0.5) is 4.39 Å². The van der Waals surface area contributed by atoms with E-state index in [2.05, 4.69) is 9.98 Å². The first-order valence-corrected chi connectivity index (χ1v) is 6.82. The van der Waals surface area contributed by atoms with Gasteiger partial charge in [0.25, 0.3) is 0 Å². The quantitative estimate of drug-likeness (QED) is 0.940. The molecule has 1 atom stereocenters. The predicted octanol–water partition coefficient (Wildman–Crippen LogP) is 2.27. The Kier molecular flexibility index (Phi) is 3.33. The number of aromatic nitrogens is 1. The van der Waals surface area contributed by atoms with Crippen molar-refractivity contribution in [1.29, 1.82) is 0 Å². The molecule has 0 amide bonds. The number of halogens is 1. The maximum absolute atomic E-state index is 13.5. The third-order valence-electron chi connectivity index (χ3n) is 3.93. The van der Waals surface area contributed by atoms with E-state index in [1.807, 2.05) is 42.2 Å². The Bertz CT molecular complexity index is 671. The standard InChI is InChI=1S/C16H17FN4/c1-16(13-7-14(17)9-19-8-13)11-20-15(18)21(16)10-12-5-3-2-4-6-12/h2-9H,10-11H2,1H3,(H2,18,20). The van der Waals surface area contributed by atoms with Crippen molar-refractivity contribution in [3.05, 3.63) is 65.7 Å². The monoisotopic (exact) mass is 284 g/mol. The van der Waals surface area contributed by atoms with Crippen LogP contribution in [0.25, 0.3) is 0 Å². The Morgan fingerprint density at radius 1 is 1.29 bits per heavy atom. The lowest BCUT2D eigenvalue weighted by molar-refractivity contribution is 0.216. The summed E-state index contributed by atoms with van der Waals surface area (Å²) in [6.07, 6.45) is 2.88. The average molecular weight is 284 g/mol. The lowest BCUT2D eigenvalue weighted by atomic mass is 9.92. The normalized spacial score (nSPS) is 21.4. The van der Waals surface area contributed by atoms with E-state index in [4.69, 9.17) is 5.73 Å². The summed E-state index contributed by atoms with van der Waals surface area (Å²) in [5, 5.41) is 0. The van der Waals surface area contributed by atoms with Crippen molar-refractivity contribution < 1.29 is 4.39 Å². The highest BCUT2D eigenvalue weighted by molar-refractivity contribution is 5.81. The molecule has 1 aromatic carbocycles.